The summed E-state index contributed by atoms with van der Waals surface area (Å²) < 4.78 is 19.5. The second-order valence-electron chi connectivity index (χ2n) is 6.67. The summed E-state index contributed by atoms with van der Waals surface area (Å²) >= 11 is 6.03. The molecule has 1 aliphatic heterocycles. The minimum absolute atomic E-state index is 0.0247. The molecule has 0 bridgehead atoms. The van der Waals surface area contributed by atoms with Gasteiger partial charge in [0.25, 0.3) is 0 Å². The van der Waals surface area contributed by atoms with Crippen molar-refractivity contribution in [1.82, 2.24) is 4.90 Å². The molecule has 140 valence electrons. The highest BCUT2D eigenvalue weighted by Crippen LogP contribution is 2.23. The van der Waals surface area contributed by atoms with Gasteiger partial charge >= 0.3 is 0 Å². The molecular weight excluding hydrogens is 357 g/mol. The van der Waals surface area contributed by atoms with Crippen LogP contribution in [-0.2, 0) is 13.2 Å². The Labute approximate surface area is 157 Å². The largest absolute Gasteiger partial charge is 0.489 e. The molecule has 1 aliphatic rings. The zero-order chi connectivity index (χ0) is 18.5. The Balaban J connectivity index is 1.60. The van der Waals surface area contributed by atoms with E-state index in [1.807, 2.05) is 24.3 Å². The van der Waals surface area contributed by atoms with Gasteiger partial charge in [0.1, 0.15) is 18.2 Å². The van der Waals surface area contributed by atoms with E-state index in [1.54, 1.807) is 12.1 Å². The predicted molar refractivity (Wildman–Crippen MR) is 98.7 cm³/mol. The number of rotatable bonds is 6. The van der Waals surface area contributed by atoms with Crippen molar-refractivity contribution in [2.75, 3.05) is 19.7 Å². The van der Waals surface area contributed by atoms with Gasteiger partial charge in [0.05, 0.1) is 11.1 Å². The van der Waals surface area contributed by atoms with Gasteiger partial charge in [0.2, 0.25) is 0 Å². The van der Waals surface area contributed by atoms with Crippen LogP contribution in [0.3, 0.4) is 0 Å². The fourth-order valence-corrected chi connectivity index (χ4v) is 3.44. The first-order valence-corrected chi connectivity index (χ1v) is 9.10. The van der Waals surface area contributed by atoms with Crippen molar-refractivity contribution in [1.29, 1.82) is 0 Å². The number of aliphatic hydroxyl groups is 2. The van der Waals surface area contributed by atoms with Crippen LogP contribution in [0.15, 0.2) is 42.5 Å². The highest BCUT2D eigenvalue weighted by Gasteiger charge is 2.26. The summed E-state index contributed by atoms with van der Waals surface area (Å²) in [5.74, 6) is 0.230. The zero-order valence-corrected chi connectivity index (χ0v) is 15.2. The number of halogens is 2. The lowest BCUT2D eigenvalue weighted by molar-refractivity contribution is -0.00445. The van der Waals surface area contributed by atoms with Gasteiger partial charge in [-0.05, 0) is 42.8 Å². The van der Waals surface area contributed by atoms with Gasteiger partial charge in [-0.3, -0.25) is 4.90 Å². The Morgan fingerprint density at radius 3 is 2.77 bits per heavy atom. The van der Waals surface area contributed by atoms with Gasteiger partial charge in [-0.2, -0.15) is 0 Å². The van der Waals surface area contributed by atoms with Gasteiger partial charge in [-0.15, -0.1) is 0 Å². The Morgan fingerprint density at radius 2 is 2.04 bits per heavy atom. The van der Waals surface area contributed by atoms with Crippen molar-refractivity contribution in [3.05, 3.63) is 64.4 Å². The van der Waals surface area contributed by atoms with E-state index in [9.17, 15) is 14.6 Å². The number of benzene rings is 2. The van der Waals surface area contributed by atoms with E-state index in [0.29, 0.717) is 29.4 Å². The molecular formula is C20H23ClFNO3. The molecule has 4 nitrogen and oxygen atoms in total. The maximum atomic E-state index is 13.8. The number of nitrogens with zero attached hydrogens (tertiary/aromatic N) is 1. The van der Waals surface area contributed by atoms with Crippen LogP contribution >= 0.6 is 11.6 Å². The average molecular weight is 380 g/mol. The van der Waals surface area contributed by atoms with Gasteiger partial charge < -0.3 is 14.9 Å². The van der Waals surface area contributed by atoms with Gasteiger partial charge in [-0.25, -0.2) is 4.39 Å². The fraction of sp³-hybridized carbons (Fsp3) is 0.400. The third-order valence-electron chi connectivity index (χ3n) is 4.79. The van der Waals surface area contributed by atoms with E-state index in [1.165, 1.54) is 6.07 Å². The van der Waals surface area contributed by atoms with Crippen molar-refractivity contribution < 1.29 is 19.3 Å². The lowest BCUT2D eigenvalue weighted by atomic mass is 9.94. The maximum Gasteiger partial charge on any atom is 0.131 e. The van der Waals surface area contributed by atoms with Crippen molar-refractivity contribution >= 4 is 11.6 Å². The Hall–Kier alpha value is -1.66. The summed E-state index contributed by atoms with van der Waals surface area (Å²) in [5.41, 5.74) is 1.39. The molecule has 26 heavy (non-hydrogen) atoms. The molecule has 6 heteroatoms. The first kappa shape index (κ1) is 19.1. The van der Waals surface area contributed by atoms with Gasteiger partial charge in [-0.1, -0.05) is 29.8 Å². The molecule has 0 aromatic heterocycles. The predicted octanol–water partition coefficient (Wildman–Crippen LogP) is 3.23. The van der Waals surface area contributed by atoms with Gasteiger partial charge in [0.15, 0.2) is 0 Å². The van der Waals surface area contributed by atoms with Crippen LogP contribution in [0.5, 0.6) is 5.75 Å². The molecule has 1 fully saturated rings. The van der Waals surface area contributed by atoms with E-state index in [2.05, 4.69) is 4.90 Å². The number of aliphatic hydroxyl groups excluding tert-OH is 2. The molecule has 2 atom stereocenters. The monoisotopic (exact) mass is 379 g/mol. The lowest BCUT2D eigenvalue weighted by Gasteiger charge is -2.35. The maximum absolute atomic E-state index is 13.8. The first-order chi connectivity index (χ1) is 12.6. The smallest absolute Gasteiger partial charge is 0.131 e. The van der Waals surface area contributed by atoms with Crippen LogP contribution in [0.25, 0.3) is 0 Å². The number of β-amino-alcohol motifs (C(OH)–C–C–N with tert-alkyl or cyclic N) is 1. The Kier molecular flexibility index (Phi) is 6.48. The standard InChI is InChI=1S/C20H23ClFNO3/c21-18-5-2-6-19(22)17(18)13-26-16-4-1-3-14(9-16)10-23-8-7-15(12-24)20(25)11-23/h1-6,9,15,20,24-25H,7-8,10-13H2/t15-,20-/m1/s1. The Morgan fingerprint density at radius 1 is 1.23 bits per heavy atom. The van der Waals surface area contributed by atoms with E-state index >= 15 is 0 Å². The molecule has 2 aromatic rings. The highest BCUT2D eigenvalue weighted by molar-refractivity contribution is 6.31. The summed E-state index contributed by atoms with van der Waals surface area (Å²) in [6, 6.07) is 12.2. The zero-order valence-electron chi connectivity index (χ0n) is 14.4. The van der Waals surface area contributed by atoms with Crippen LogP contribution in [0, 0.1) is 11.7 Å². The second-order valence-corrected chi connectivity index (χ2v) is 7.08. The quantitative estimate of drug-likeness (QED) is 0.809. The summed E-state index contributed by atoms with van der Waals surface area (Å²) in [4.78, 5) is 2.16. The van der Waals surface area contributed by atoms with E-state index in [4.69, 9.17) is 16.3 Å². The van der Waals surface area contributed by atoms with E-state index in [0.717, 1.165) is 18.5 Å². The highest BCUT2D eigenvalue weighted by atomic mass is 35.5. The number of ether oxygens (including phenoxy) is 1. The number of piperidine rings is 1. The summed E-state index contributed by atoms with van der Waals surface area (Å²) in [5, 5.41) is 19.6. The fourth-order valence-electron chi connectivity index (χ4n) is 3.22. The number of hydrogen-bond donors (Lipinski definition) is 2. The van der Waals surface area contributed by atoms with Crippen LogP contribution in [0.2, 0.25) is 5.02 Å². The molecule has 3 rings (SSSR count). The normalized spacial score (nSPS) is 20.9. The molecule has 0 amide bonds. The number of hydrogen-bond acceptors (Lipinski definition) is 4. The molecule has 0 aliphatic carbocycles. The molecule has 0 radical (unpaired) electrons. The van der Waals surface area contributed by atoms with Gasteiger partial charge in [0, 0.05) is 31.2 Å². The topological polar surface area (TPSA) is 52.9 Å². The SMILES string of the molecule is OC[C@H]1CCN(Cc2cccc(OCc3c(F)cccc3Cl)c2)C[C@H]1O. The van der Waals surface area contributed by atoms with Crippen LogP contribution < -0.4 is 4.74 Å². The third-order valence-corrected chi connectivity index (χ3v) is 5.14. The molecule has 0 unspecified atom stereocenters. The minimum atomic E-state index is -0.503. The average Bonchev–Trinajstić information content (AvgIpc) is 2.62. The molecule has 0 spiro atoms. The van der Waals surface area contributed by atoms with E-state index < -0.39 is 6.10 Å². The van der Waals surface area contributed by atoms with E-state index in [-0.39, 0.29) is 24.9 Å². The molecule has 2 aromatic carbocycles. The molecule has 1 saturated heterocycles. The van der Waals surface area contributed by atoms with Crippen molar-refractivity contribution in [3.8, 4) is 5.75 Å². The van der Waals surface area contributed by atoms with Crippen molar-refractivity contribution in [3.63, 3.8) is 0 Å². The Bertz CT molecular complexity index is 722. The third kappa shape index (κ3) is 4.74. The first-order valence-electron chi connectivity index (χ1n) is 8.72. The summed E-state index contributed by atoms with van der Waals surface area (Å²) in [6.07, 6.45) is 0.274. The molecule has 1 heterocycles. The van der Waals surface area contributed by atoms with Crippen molar-refractivity contribution in [2.45, 2.75) is 25.7 Å². The van der Waals surface area contributed by atoms with Crippen LogP contribution in [0.1, 0.15) is 17.5 Å². The summed E-state index contributed by atoms with van der Waals surface area (Å²) in [6.45, 7) is 2.15. The molecule has 2 N–H and O–H groups in total. The lowest BCUT2D eigenvalue weighted by Crippen LogP contribution is -2.44. The van der Waals surface area contributed by atoms with Crippen molar-refractivity contribution in [2.24, 2.45) is 5.92 Å². The molecule has 0 saturated carbocycles. The minimum Gasteiger partial charge on any atom is -0.489 e. The van der Waals surface area contributed by atoms with Crippen LogP contribution in [0.4, 0.5) is 4.39 Å². The second kappa shape index (κ2) is 8.82. The number of likely N-dealkylation sites (tertiary alicyclic amines) is 1. The van der Waals surface area contributed by atoms with Crippen LogP contribution in [-0.4, -0.2) is 40.9 Å². The summed E-state index contributed by atoms with van der Waals surface area (Å²) in [7, 11) is 0.